The SMILES string of the molecule is c1ccc(-c2ccccc2CN2CCN3c4cccc5[nH]cc(c45)CC3C2)cc1. The normalized spacial score (nSPS) is 18.8. The van der Waals surface area contributed by atoms with Crippen molar-refractivity contribution >= 4 is 16.6 Å². The molecule has 6 rings (SSSR count). The van der Waals surface area contributed by atoms with Crippen molar-refractivity contribution in [3.05, 3.63) is 90.1 Å². The molecule has 1 N–H and O–H groups in total. The zero-order valence-electron chi connectivity index (χ0n) is 16.5. The van der Waals surface area contributed by atoms with Gasteiger partial charge in [-0.15, -0.1) is 0 Å². The van der Waals surface area contributed by atoms with Crippen LogP contribution in [0.25, 0.3) is 22.0 Å². The molecule has 1 unspecified atom stereocenters. The topological polar surface area (TPSA) is 22.3 Å². The third-order valence-corrected chi connectivity index (χ3v) is 6.59. The lowest BCUT2D eigenvalue weighted by atomic mass is 9.93. The molecule has 0 saturated carbocycles. The minimum Gasteiger partial charge on any atom is -0.365 e. The molecule has 1 atom stereocenters. The molecular formula is C26H25N3. The summed E-state index contributed by atoms with van der Waals surface area (Å²) >= 11 is 0. The lowest BCUT2D eigenvalue weighted by Crippen LogP contribution is -2.54. The third-order valence-electron chi connectivity index (χ3n) is 6.59. The lowest BCUT2D eigenvalue weighted by molar-refractivity contribution is 0.213. The first-order valence-corrected chi connectivity index (χ1v) is 10.6. The minimum absolute atomic E-state index is 0.557. The second-order valence-corrected chi connectivity index (χ2v) is 8.32. The fourth-order valence-corrected chi connectivity index (χ4v) is 5.24. The molecule has 1 saturated heterocycles. The van der Waals surface area contributed by atoms with Crippen LogP contribution in [-0.2, 0) is 13.0 Å². The number of fused-ring (bicyclic) bond motifs is 2. The van der Waals surface area contributed by atoms with Crippen molar-refractivity contribution in [1.82, 2.24) is 9.88 Å². The molecule has 1 aromatic heterocycles. The fraction of sp³-hybridized carbons (Fsp3) is 0.231. The highest BCUT2D eigenvalue weighted by Crippen LogP contribution is 2.38. The Morgan fingerprint density at radius 3 is 2.66 bits per heavy atom. The van der Waals surface area contributed by atoms with Gasteiger partial charge in [0.1, 0.15) is 0 Å². The second kappa shape index (κ2) is 6.78. The molecule has 3 aromatic carbocycles. The van der Waals surface area contributed by atoms with E-state index in [2.05, 4.69) is 93.8 Å². The van der Waals surface area contributed by atoms with Crippen molar-refractivity contribution < 1.29 is 0 Å². The molecule has 3 nitrogen and oxygen atoms in total. The summed E-state index contributed by atoms with van der Waals surface area (Å²) in [5, 5.41) is 1.44. The van der Waals surface area contributed by atoms with Gasteiger partial charge in [-0.2, -0.15) is 0 Å². The standard InChI is InChI=1S/C26H25N3/c1-2-7-19(8-3-1)23-10-5-4-9-20(23)17-28-13-14-29-22(18-28)15-21-16-27-24-11-6-12-25(29)26(21)24/h1-12,16,22,27H,13-15,17-18H2. The molecule has 0 amide bonds. The zero-order chi connectivity index (χ0) is 19.2. The maximum atomic E-state index is 3.47. The van der Waals surface area contributed by atoms with Crippen LogP contribution >= 0.6 is 0 Å². The minimum atomic E-state index is 0.557. The summed E-state index contributed by atoms with van der Waals surface area (Å²) in [4.78, 5) is 8.75. The van der Waals surface area contributed by atoms with Crippen LogP contribution in [-0.4, -0.2) is 35.6 Å². The first-order chi connectivity index (χ1) is 14.4. The monoisotopic (exact) mass is 379 g/mol. The quantitative estimate of drug-likeness (QED) is 0.536. The van der Waals surface area contributed by atoms with Gasteiger partial charge in [-0.05, 0) is 40.8 Å². The largest absolute Gasteiger partial charge is 0.365 e. The molecule has 4 aromatic rings. The van der Waals surface area contributed by atoms with E-state index >= 15 is 0 Å². The van der Waals surface area contributed by atoms with Crippen molar-refractivity contribution in [2.24, 2.45) is 0 Å². The molecule has 2 aliphatic heterocycles. The number of benzene rings is 3. The van der Waals surface area contributed by atoms with Gasteiger partial charge < -0.3 is 9.88 Å². The summed E-state index contributed by atoms with van der Waals surface area (Å²) < 4.78 is 0. The van der Waals surface area contributed by atoms with E-state index < -0.39 is 0 Å². The Labute approximate surface area is 171 Å². The van der Waals surface area contributed by atoms with Crippen molar-refractivity contribution in [1.29, 1.82) is 0 Å². The Kier molecular flexibility index (Phi) is 3.95. The van der Waals surface area contributed by atoms with Gasteiger partial charge in [0.2, 0.25) is 0 Å². The predicted octanol–water partition coefficient (Wildman–Crippen LogP) is 5.08. The highest BCUT2D eigenvalue weighted by Gasteiger charge is 2.33. The van der Waals surface area contributed by atoms with Crippen LogP contribution < -0.4 is 4.90 Å². The van der Waals surface area contributed by atoms with Crippen molar-refractivity contribution in [2.45, 2.75) is 19.0 Å². The second-order valence-electron chi connectivity index (χ2n) is 8.32. The van der Waals surface area contributed by atoms with Crippen LogP contribution in [0.1, 0.15) is 11.1 Å². The van der Waals surface area contributed by atoms with Crippen LogP contribution in [0.15, 0.2) is 79.0 Å². The van der Waals surface area contributed by atoms with Crippen molar-refractivity contribution in [3.8, 4) is 11.1 Å². The van der Waals surface area contributed by atoms with Gasteiger partial charge in [-0.1, -0.05) is 60.7 Å². The molecule has 3 heterocycles. The van der Waals surface area contributed by atoms with Crippen LogP contribution in [0.3, 0.4) is 0 Å². The summed E-state index contributed by atoms with van der Waals surface area (Å²) in [7, 11) is 0. The Morgan fingerprint density at radius 2 is 1.72 bits per heavy atom. The molecule has 0 radical (unpaired) electrons. The van der Waals surface area contributed by atoms with Gasteiger partial charge in [0.15, 0.2) is 0 Å². The predicted molar refractivity (Wildman–Crippen MR) is 120 cm³/mol. The van der Waals surface area contributed by atoms with Crippen molar-refractivity contribution in [2.75, 3.05) is 24.5 Å². The van der Waals surface area contributed by atoms with Gasteiger partial charge in [0, 0.05) is 55.0 Å². The molecule has 29 heavy (non-hydrogen) atoms. The van der Waals surface area contributed by atoms with Crippen LogP contribution in [0.4, 0.5) is 5.69 Å². The third kappa shape index (κ3) is 2.85. The Hall–Kier alpha value is -3.04. The maximum absolute atomic E-state index is 3.47. The van der Waals surface area contributed by atoms with E-state index in [1.807, 2.05) is 0 Å². The molecule has 0 aliphatic carbocycles. The smallest absolute Gasteiger partial charge is 0.0477 e. The summed E-state index contributed by atoms with van der Waals surface area (Å²) in [6, 6.07) is 26.9. The van der Waals surface area contributed by atoms with E-state index in [-0.39, 0.29) is 0 Å². The molecule has 144 valence electrons. The van der Waals surface area contributed by atoms with E-state index in [0.717, 1.165) is 32.6 Å². The molecular weight excluding hydrogens is 354 g/mol. The van der Waals surface area contributed by atoms with Gasteiger partial charge >= 0.3 is 0 Å². The van der Waals surface area contributed by atoms with E-state index in [1.165, 1.54) is 38.8 Å². The number of piperazine rings is 1. The first-order valence-electron chi connectivity index (χ1n) is 10.6. The lowest BCUT2D eigenvalue weighted by Gasteiger charge is -2.45. The Balaban J connectivity index is 1.26. The van der Waals surface area contributed by atoms with Crippen LogP contribution in [0, 0.1) is 0 Å². The number of H-pyrrole nitrogens is 1. The number of aromatic amines is 1. The number of hydrogen-bond donors (Lipinski definition) is 1. The van der Waals surface area contributed by atoms with Gasteiger partial charge in [0.25, 0.3) is 0 Å². The highest BCUT2D eigenvalue weighted by atomic mass is 15.3. The zero-order valence-corrected chi connectivity index (χ0v) is 16.5. The molecule has 0 spiro atoms. The van der Waals surface area contributed by atoms with Gasteiger partial charge in [-0.25, -0.2) is 0 Å². The van der Waals surface area contributed by atoms with Gasteiger partial charge in [-0.3, -0.25) is 4.90 Å². The van der Waals surface area contributed by atoms with E-state index in [9.17, 15) is 0 Å². The number of nitrogens with zero attached hydrogens (tertiary/aromatic N) is 2. The van der Waals surface area contributed by atoms with Crippen LogP contribution in [0.2, 0.25) is 0 Å². The van der Waals surface area contributed by atoms with Gasteiger partial charge in [0.05, 0.1) is 0 Å². The average Bonchev–Trinajstić information content (AvgIpc) is 3.19. The number of rotatable bonds is 3. The van der Waals surface area contributed by atoms with Crippen molar-refractivity contribution in [3.63, 3.8) is 0 Å². The first kappa shape index (κ1) is 16.9. The molecule has 3 heteroatoms. The fourth-order valence-electron chi connectivity index (χ4n) is 5.24. The number of aromatic nitrogens is 1. The molecule has 1 fully saturated rings. The molecule has 2 aliphatic rings. The Bertz CT molecular complexity index is 1160. The summed E-state index contributed by atoms with van der Waals surface area (Å²) in [5.74, 6) is 0. The highest BCUT2D eigenvalue weighted by molar-refractivity contribution is 5.97. The molecule has 0 bridgehead atoms. The number of hydrogen-bond acceptors (Lipinski definition) is 2. The van der Waals surface area contributed by atoms with E-state index in [4.69, 9.17) is 0 Å². The van der Waals surface area contributed by atoms with Crippen LogP contribution in [0.5, 0.6) is 0 Å². The average molecular weight is 380 g/mol. The number of anilines is 1. The number of nitrogens with one attached hydrogen (secondary N) is 1. The Morgan fingerprint density at radius 1 is 0.862 bits per heavy atom. The summed E-state index contributed by atoms with van der Waals surface area (Å²) in [6.07, 6.45) is 3.35. The van der Waals surface area contributed by atoms with E-state index in [1.54, 1.807) is 0 Å². The maximum Gasteiger partial charge on any atom is 0.0477 e. The van der Waals surface area contributed by atoms with E-state index in [0.29, 0.717) is 6.04 Å². The summed E-state index contributed by atoms with van der Waals surface area (Å²) in [5.41, 5.74) is 8.25. The summed E-state index contributed by atoms with van der Waals surface area (Å²) in [6.45, 7) is 4.33.